The van der Waals surface area contributed by atoms with Gasteiger partial charge in [0, 0.05) is 21.7 Å². The van der Waals surface area contributed by atoms with Gasteiger partial charge in [0.1, 0.15) is 5.75 Å². The van der Waals surface area contributed by atoms with Crippen molar-refractivity contribution < 1.29 is 9.53 Å². The largest absolute Gasteiger partial charge is 0.497 e. The molecule has 0 aliphatic rings. The van der Waals surface area contributed by atoms with Gasteiger partial charge in [-0.05, 0) is 61.4 Å². The minimum Gasteiger partial charge on any atom is -0.497 e. The van der Waals surface area contributed by atoms with Crippen molar-refractivity contribution in [2.75, 3.05) is 7.11 Å². The van der Waals surface area contributed by atoms with E-state index >= 15 is 0 Å². The van der Waals surface area contributed by atoms with Gasteiger partial charge in [-0.15, -0.1) is 0 Å². The molecule has 1 aromatic heterocycles. The molecule has 0 fully saturated rings. The van der Waals surface area contributed by atoms with Crippen molar-refractivity contribution in [3.63, 3.8) is 0 Å². The highest BCUT2D eigenvalue weighted by Gasteiger charge is 2.19. The molecule has 3 nitrogen and oxygen atoms in total. The van der Waals surface area contributed by atoms with Crippen LogP contribution in [0.3, 0.4) is 0 Å². The molecule has 0 aliphatic heterocycles. The van der Waals surface area contributed by atoms with Crippen molar-refractivity contribution in [2.45, 2.75) is 54.4 Å². The van der Waals surface area contributed by atoms with Crippen LogP contribution in [0.1, 0.15) is 62.7 Å². The Hall–Kier alpha value is -2.26. The van der Waals surface area contributed by atoms with Crippen LogP contribution in [-0.4, -0.2) is 17.6 Å². The number of benzene rings is 2. The molecule has 2 aromatic carbocycles. The zero-order valence-corrected chi connectivity index (χ0v) is 18.9. The smallest absolute Gasteiger partial charge is 0.262 e. The first-order valence-electron chi connectivity index (χ1n) is 9.96. The highest BCUT2D eigenvalue weighted by molar-refractivity contribution is 6.30. The maximum absolute atomic E-state index is 13.0. The number of methoxy groups -OCH3 is 1. The molecular formula is C24H32ClNO2. The molecule has 0 aliphatic carbocycles. The van der Waals surface area contributed by atoms with E-state index in [0.717, 1.165) is 28.8 Å². The van der Waals surface area contributed by atoms with E-state index in [1.807, 2.05) is 39.0 Å². The molecule has 0 saturated heterocycles. The number of ether oxygens (including phenoxy) is 1. The first-order chi connectivity index (χ1) is 13.5. The summed E-state index contributed by atoms with van der Waals surface area (Å²) in [4.78, 5) is 13.0. The fraction of sp³-hybridized carbons (Fsp3) is 0.375. The molecule has 28 heavy (non-hydrogen) atoms. The number of aryl methyl sites for hydroxylation is 1. The van der Waals surface area contributed by atoms with Gasteiger partial charge in [0.2, 0.25) is 0 Å². The maximum Gasteiger partial charge on any atom is 0.262 e. The second-order valence-corrected chi connectivity index (χ2v) is 6.59. The average Bonchev–Trinajstić information content (AvgIpc) is 3.00. The molecule has 0 N–H and O–H groups in total. The quantitative estimate of drug-likeness (QED) is 0.460. The third-order valence-electron chi connectivity index (χ3n) is 4.19. The first-order valence-corrected chi connectivity index (χ1v) is 10.3. The summed E-state index contributed by atoms with van der Waals surface area (Å²) in [6, 6.07) is 12.8. The number of fused-ring (bicyclic) bond motifs is 1. The zero-order valence-electron chi connectivity index (χ0n) is 18.1. The average molecular weight is 402 g/mol. The number of hydrogen-bond acceptors (Lipinski definition) is 2. The molecule has 0 saturated carbocycles. The summed E-state index contributed by atoms with van der Waals surface area (Å²) in [5.74, 6) is 0.748. The fourth-order valence-corrected chi connectivity index (χ4v) is 3.14. The van der Waals surface area contributed by atoms with Crippen LogP contribution in [0.25, 0.3) is 10.9 Å². The Labute approximate surface area is 174 Å². The lowest BCUT2D eigenvalue weighted by molar-refractivity contribution is 0.0963. The van der Waals surface area contributed by atoms with Gasteiger partial charge in [0.05, 0.1) is 12.6 Å². The van der Waals surface area contributed by atoms with E-state index in [1.165, 1.54) is 12.0 Å². The van der Waals surface area contributed by atoms with Gasteiger partial charge in [-0.1, -0.05) is 52.6 Å². The summed E-state index contributed by atoms with van der Waals surface area (Å²) in [6.45, 7) is 12.3. The van der Waals surface area contributed by atoms with Crippen LogP contribution in [0.5, 0.6) is 5.75 Å². The Morgan fingerprint density at radius 2 is 1.61 bits per heavy atom. The van der Waals surface area contributed by atoms with Crippen LogP contribution < -0.4 is 4.74 Å². The maximum atomic E-state index is 13.0. The second kappa shape index (κ2) is 11.6. The van der Waals surface area contributed by atoms with Gasteiger partial charge < -0.3 is 4.74 Å². The molecule has 152 valence electrons. The highest BCUT2D eigenvalue weighted by atomic mass is 35.5. The van der Waals surface area contributed by atoms with Crippen LogP contribution >= 0.6 is 11.6 Å². The molecule has 0 amide bonds. The topological polar surface area (TPSA) is 31.2 Å². The van der Waals surface area contributed by atoms with E-state index in [1.54, 1.807) is 35.9 Å². The summed E-state index contributed by atoms with van der Waals surface area (Å²) in [5.41, 5.74) is 3.66. The zero-order chi connectivity index (χ0) is 21.3. The first kappa shape index (κ1) is 23.8. The Morgan fingerprint density at radius 1 is 1.04 bits per heavy atom. The van der Waals surface area contributed by atoms with Gasteiger partial charge in [0.25, 0.3) is 5.91 Å². The highest BCUT2D eigenvalue weighted by Crippen LogP contribution is 2.30. The molecule has 3 aromatic rings. The number of hydrogen-bond donors (Lipinski definition) is 0. The van der Waals surface area contributed by atoms with Crippen molar-refractivity contribution in [1.29, 1.82) is 0 Å². The second-order valence-electron chi connectivity index (χ2n) is 6.16. The molecule has 1 heterocycles. The third-order valence-corrected chi connectivity index (χ3v) is 4.44. The SMILES string of the molecule is CC.CCC.CCc1c(C)n(C(=O)c2ccc(Cl)cc2)c2ccc(OC)cc12. The fourth-order valence-electron chi connectivity index (χ4n) is 3.02. The predicted molar refractivity (Wildman–Crippen MR) is 121 cm³/mol. The summed E-state index contributed by atoms with van der Waals surface area (Å²) >= 11 is 5.92. The molecule has 0 atom stereocenters. The third kappa shape index (κ3) is 5.17. The number of halogens is 1. The molecule has 3 rings (SSSR count). The minimum atomic E-state index is -0.0472. The van der Waals surface area contributed by atoms with Gasteiger partial charge >= 0.3 is 0 Å². The summed E-state index contributed by atoms with van der Waals surface area (Å²) < 4.78 is 7.10. The molecular weight excluding hydrogens is 370 g/mol. The molecule has 0 bridgehead atoms. The number of carbonyl (C=O) groups excluding carboxylic acids is 1. The Bertz CT molecular complexity index is 895. The summed E-state index contributed by atoms with van der Waals surface area (Å²) in [5, 5.41) is 1.68. The lowest BCUT2D eigenvalue weighted by Gasteiger charge is -2.08. The normalized spacial score (nSPS) is 9.86. The van der Waals surface area contributed by atoms with Gasteiger partial charge in [-0.2, -0.15) is 0 Å². The van der Waals surface area contributed by atoms with Crippen molar-refractivity contribution in [3.05, 3.63) is 64.3 Å². The van der Waals surface area contributed by atoms with Crippen LogP contribution in [0.4, 0.5) is 0 Å². The lowest BCUT2D eigenvalue weighted by atomic mass is 10.1. The number of rotatable bonds is 3. The summed E-state index contributed by atoms with van der Waals surface area (Å²) in [6.07, 6.45) is 2.11. The Morgan fingerprint density at radius 3 is 2.11 bits per heavy atom. The van der Waals surface area contributed by atoms with Gasteiger partial charge in [0.15, 0.2) is 0 Å². The van der Waals surface area contributed by atoms with E-state index in [-0.39, 0.29) is 5.91 Å². The lowest BCUT2D eigenvalue weighted by Crippen LogP contribution is -2.13. The van der Waals surface area contributed by atoms with Crippen LogP contribution in [0.2, 0.25) is 5.02 Å². The number of nitrogens with zero attached hydrogens (tertiary/aromatic N) is 1. The predicted octanol–water partition coefficient (Wildman–Crippen LogP) is 7.31. The van der Waals surface area contributed by atoms with Crippen LogP contribution in [0.15, 0.2) is 42.5 Å². The number of aromatic nitrogens is 1. The van der Waals surface area contributed by atoms with Crippen LogP contribution in [0, 0.1) is 6.92 Å². The Balaban J connectivity index is 0.000000717. The molecule has 0 unspecified atom stereocenters. The van der Waals surface area contributed by atoms with Crippen molar-refractivity contribution in [3.8, 4) is 5.75 Å². The van der Waals surface area contributed by atoms with Crippen molar-refractivity contribution in [2.24, 2.45) is 0 Å². The van der Waals surface area contributed by atoms with Crippen LogP contribution in [-0.2, 0) is 6.42 Å². The van der Waals surface area contributed by atoms with E-state index in [0.29, 0.717) is 10.6 Å². The Kier molecular flexibility index (Phi) is 9.81. The van der Waals surface area contributed by atoms with Crippen molar-refractivity contribution >= 4 is 28.4 Å². The van der Waals surface area contributed by atoms with E-state index < -0.39 is 0 Å². The van der Waals surface area contributed by atoms with E-state index in [9.17, 15) is 4.79 Å². The number of carbonyl (C=O) groups is 1. The van der Waals surface area contributed by atoms with E-state index in [4.69, 9.17) is 16.3 Å². The standard InChI is InChI=1S/C19H18ClNO2.C3H8.C2H6/c1-4-16-12(2)21(18-10-9-15(23-3)11-17(16)18)19(22)13-5-7-14(20)8-6-13;1-3-2;1-2/h5-11H,4H2,1-3H3;3H2,1-2H3;1-2H3. The summed E-state index contributed by atoms with van der Waals surface area (Å²) in [7, 11) is 1.65. The minimum absolute atomic E-state index is 0.0472. The van der Waals surface area contributed by atoms with Crippen molar-refractivity contribution in [1.82, 2.24) is 4.57 Å². The monoisotopic (exact) mass is 401 g/mol. The van der Waals surface area contributed by atoms with E-state index in [2.05, 4.69) is 20.8 Å². The molecule has 4 heteroatoms. The molecule has 0 spiro atoms. The van der Waals surface area contributed by atoms with Gasteiger partial charge in [-0.25, -0.2) is 0 Å². The van der Waals surface area contributed by atoms with Gasteiger partial charge in [-0.3, -0.25) is 9.36 Å². The molecule has 0 radical (unpaired) electrons.